The highest BCUT2D eigenvalue weighted by molar-refractivity contribution is 5.89. The first kappa shape index (κ1) is 13.0. The van der Waals surface area contributed by atoms with Crippen LogP contribution in [0.4, 0.5) is 0 Å². The third kappa shape index (κ3) is 2.03. The number of aryl methyl sites for hydroxylation is 1. The average molecular weight is 268 g/mol. The number of fused-ring (bicyclic) bond motifs is 3. The molecule has 0 bridgehead atoms. The van der Waals surface area contributed by atoms with Gasteiger partial charge in [0.15, 0.2) is 0 Å². The van der Waals surface area contributed by atoms with Crippen LogP contribution in [0.15, 0.2) is 29.7 Å². The summed E-state index contributed by atoms with van der Waals surface area (Å²) in [6.45, 7) is 6.40. The lowest BCUT2D eigenvalue weighted by atomic mass is 9.92. The molecule has 0 aromatic carbocycles. The maximum Gasteiger partial charge on any atom is 0.117 e. The van der Waals surface area contributed by atoms with Crippen LogP contribution in [-0.2, 0) is 6.42 Å². The second-order valence-electron chi connectivity index (χ2n) is 5.61. The Hall–Kier alpha value is -2.03. The number of aromatic nitrogens is 2. The fraction of sp³-hybridized carbons (Fsp3) is 0.353. The van der Waals surface area contributed by atoms with Crippen molar-refractivity contribution in [1.82, 2.24) is 9.97 Å². The Kier molecular flexibility index (Phi) is 3.13. The number of aromatic amines is 1. The largest absolute Gasteiger partial charge is 0.508 e. The molecular formula is C17H20N2O. The van der Waals surface area contributed by atoms with E-state index in [2.05, 4.69) is 29.9 Å². The summed E-state index contributed by atoms with van der Waals surface area (Å²) in [5.74, 6) is 0.806. The molecule has 3 rings (SSSR count). The van der Waals surface area contributed by atoms with Gasteiger partial charge in [-0.2, -0.15) is 0 Å². The monoisotopic (exact) mass is 268 g/mol. The maximum atomic E-state index is 10.1. The molecule has 0 radical (unpaired) electrons. The molecule has 1 unspecified atom stereocenters. The molecule has 1 aliphatic carbocycles. The topological polar surface area (TPSA) is 48.9 Å². The molecule has 104 valence electrons. The van der Waals surface area contributed by atoms with Gasteiger partial charge in [-0.25, -0.2) is 0 Å². The SMILES string of the molecule is CCC(C)C1=CC(O)=Cc2[nH]c3c(C)nccc3c2C1. The van der Waals surface area contributed by atoms with Crippen molar-refractivity contribution in [2.45, 2.75) is 33.6 Å². The number of H-pyrrole nitrogens is 1. The van der Waals surface area contributed by atoms with Crippen molar-refractivity contribution in [3.05, 3.63) is 46.6 Å². The Balaban J connectivity index is 2.20. The summed E-state index contributed by atoms with van der Waals surface area (Å²) < 4.78 is 0. The van der Waals surface area contributed by atoms with Gasteiger partial charge in [0.1, 0.15) is 5.76 Å². The molecule has 2 N–H and O–H groups in total. The molecule has 3 heteroatoms. The zero-order valence-corrected chi connectivity index (χ0v) is 12.2. The quantitative estimate of drug-likeness (QED) is 0.853. The molecule has 2 heterocycles. The van der Waals surface area contributed by atoms with Crippen LogP contribution >= 0.6 is 0 Å². The summed E-state index contributed by atoms with van der Waals surface area (Å²) in [5, 5.41) is 11.3. The van der Waals surface area contributed by atoms with Gasteiger partial charge in [0.05, 0.1) is 11.2 Å². The minimum Gasteiger partial charge on any atom is -0.508 e. The summed E-state index contributed by atoms with van der Waals surface area (Å²) in [6, 6.07) is 2.06. The van der Waals surface area contributed by atoms with Crippen molar-refractivity contribution < 1.29 is 5.11 Å². The molecule has 0 spiro atoms. The molecule has 20 heavy (non-hydrogen) atoms. The summed E-state index contributed by atoms with van der Waals surface area (Å²) in [6.07, 6.45) is 7.56. The van der Waals surface area contributed by atoms with Crippen LogP contribution in [0.2, 0.25) is 0 Å². The van der Waals surface area contributed by atoms with E-state index in [4.69, 9.17) is 0 Å². The third-order valence-corrected chi connectivity index (χ3v) is 4.30. The lowest BCUT2D eigenvalue weighted by Gasteiger charge is -2.13. The summed E-state index contributed by atoms with van der Waals surface area (Å²) in [4.78, 5) is 7.73. The first-order valence-corrected chi connectivity index (χ1v) is 7.17. The zero-order valence-electron chi connectivity index (χ0n) is 12.2. The van der Waals surface area contributed by atoms with Crippen LogP contribution in [0.25, 0.3) is 17.0 Å². The van der Waals surface area contributed by atoms with Crippen molar-refractivity contribution in [2.75, 3.05) is 0 Å². The van der Waals surface area contributed by atoms with Gasteiger partial charge in [0.25, 0.3) is 0 Å². The fourth-order valence-corrected chi connectivity index (χ4v) is 2.86. The van der Waals surface area contributed by atoms with Crippen molar-refractivity contribution in [3.63, 3.8) is 0 Å². The molecule has 0 aliphatic heterocycles. The maximum absolute atomic E-state index is 10.1. The van der Waals surface area contributed by atoms with E-state index in [0.717, 1.165) is 29.7 Å². The number of aliphatic hydroxyl groups is 1. The minimum absolute atomic E-state index is 0.330. The molecular weight excluding hydrogens is 248 g/mol. The van der Waals surface area contributed by atoms with E-state index in [1.807, 2.05) is 25.3 Å². The van der Waals surface area contributed by atoms with Crippen molar-refractivity contribution in [2.24, 2.45) is 5.92 Å². The molecule has 1 atom stereocenters. The first-order chi connectivity index (χ1) is 9.60. The fourth-order valence-electron chi connectivity index (χ4n) is 2.86. The van der Waals surface area contributed by atoms with Crippen LogP contribution in [0.1, 0.15) is 37.2 Å². The minimum atomic E-state index is 0.330. The molecule has 2 aromatic heterocycles. The van der Waals surface area contributed by atoms with Crippen LogP contribution in [0.5, 0.6) is 0 Å². The van der Waals surface area contributed by atoms with Crippen LogP contribution in [0, 0.1) is 12.8 Å². The molecule has 0 saturated carbocycles. The number of nitrogens with one attached hydrogen (secondary N) is 1. The number of pyridine rings is 1. The van der Waals surface area contributed by atoms with Crippen LogP contribution in [0.3, 0.4) is 0 Å². The van der Waals surface area contributed by atoms with Gasteiger partial charge in [0.2, 0.25) is 0 Å². The standard InChI is InChI=1S/C17H20N2O/c1-4-10(2)12-7-13(20)9-16-15(8-12)14-5-6-18-11(3)17(14)19-16/h5-7,9-10,19-20H,4,8H2,1-3H3. The van der Waals surface area contributed by atoms with Gasteiger partial charge in [-0.05, 0) is 43.4 Å². The first-order valence-electron chi connectivity index (χ1n) is 7.17. The van der Waals surface area contributed by atoms with E-state index in [1.54, 1.807) is 0 Å². The smallest absolute Gasteiger partial charge is 0.117 e. The van der Waals surface area contributed by atoms with Gasteiger partial charge in [-0.1, -0.05) is 19.4 Å². The molecule has 2 aromatic rings. The molecule has 0 saturated heterocycles. The Morgan fingerprint density at radius 1 is 1.40 bits per heavy atom. The van der Waals surface area contributed by atoms with Gasteiger partial charge in [-0.15, -0.1) is 0 Å². The summed E-state index contributed by atoms with van der Waals surface area (Å²) in [7, 11) is 0. The number of aliphatic hydroxyl groups excluding tert-OH is 1. The Morgan fingerprint density at radius 2 is 2.20 bits per heavy atom. The number of rotatable bonds is 2. The zero-order chi connectivity index (χ0) is 14.3. The van der Waals surface area contributed by atoms with Crippen molar-refractivity contribution in [1.29, 1.82) is 0 Å². The average Bonchev–Trinajstić information content (AvgIpc) is 2.67. The summed E-state index contributed by atoms with van der Waals surface area (Å²) in [5.41, 5.74) is 5.63. The van der Waals surface area contributed by atoms with Crippen LogP contribution in [-0.4, -0.2) is 15.1 Å². The number of hydrogen-bond acceptors (Lipinski definition) is 2. The van der Waals surface area contributed by atoms with E-state index >= 15 is 0 Å². The number of nitrogens with zero attached hydrogens (tertiary/aromatic N) is 1. The predicted molar refractivity (Wildman–Crippen MR) is 82.7 cm³/mol. The Bertz CT molecular complexity index is 722. The molecule has 0 amide bonds. The lowest BCUT2D eigenvalue weighted by molar-refractivity contribution is 0.435. The van der Waals surface area contributed by atoms with E-state index in [9.17, 15) is 5.11 Å². The van der Waals surface area contributed by atoms with E-state index in [0.29, 0.717) is 11.7 Å². The molecule has 3 nitrogen and oxygen atoms in total. The van der Waals surface area contributed by atoms with E-state index in [-0.39, 0.29) is 0 Å². The number of hydrogen-bond donors (Lipinski definition) is 2. The summed E-state index contributed by atoms with van der Waals surface area (Å²) >= 11 is 0. The van der Waals surface area contributed by atoms with E-state index < -0.39 is 0 Å². The number of allylic oxidation sites excluding steroid dienone is 2. The van der Waals surface area contributed by atoms with Gasteiger partial charge in [0, 0.05) is 23.4 Å². The van der Waals surface area contributed by atoms with Crippen molar-refractivity contribution in [3.8, 4) is 0 Å². The lowest BCUT2D eigenvalue weighted by Crippen LogP contribution is -2.01. The second-order valence-corrected chi connectivity index (χ2v) is 5.61. The predicted octanol–water partition coefficient (Wildman–Crippen LogP) is 4.30. The van der Waals surface area contributed by atoms with E-state index in [1.165, 1.54) is 16.5 Å². The van der Waals surface area contributed by atoms with Crippen LogP contribution < -0.4 is 0 Å². The van der Waals surface area contributed by atoms with Gasteiger partial charge >= 0.3 is 0 Å². The Morgan fingerprint density at radius 3 is 2.95 bits per heavy atom. The van der Waals surface area contributed by atoms with Gasteiger partial charge < -0.3 is 10.1 Å². The molecule has 1 aliphatic rings. The highest BCUT2D eigenvalue weighted by Crippen LogP contribution is 2.32. The Labute approximate surface area is 119 Å². The molecule has 0 fully saturated rings. The van der Waals surface area contributed by atoms with Crippen molar-refractivity contribution >= 4 is 17.0 Å². The normalized spacial score (nSPS) is 16.4. The van der Waals surface area contributed by atoms with Gasteiger partial charge in [-0.3, -0.25) is 4.98 Å². The third-order valence-electron chi connectivity index (χ3n) is 4.30. The second kappa shape index (κ2) is 4.82. The highest BCUT2D eigenvalue weighted by Gasteiger charge is 2.19. The highest BCUT2D eigenvalue weighted by atomic mass is 16.3.